The van der Waals surface area contributed by atoms with E-state index in [-0.39, 0.29) is 4.43 Å². The van der Waals surface area contributed by atoms with Crippen molar-refractivity contribution in [2.75, 3.05) is 11.0 Å². The van der Waals surface area contributed by atoms with Gasteiger partial charge in [-0.1, -0.05) is 22.6 Å². The molecule has 1 heterocycles. The smallest absolute Gasteiger partial charge is 0.388 e. The summed E-state index contributed by atoms with van der Waals surface area (Å²) >= 11 is 1.87. The predicted molar refractivity (Wildman–Crippen MR) is 72.7 cm³/mol. The Balaban J connectivity index is 2.63. The second kappa shape index (κ2) is 7.74. The van der Waals surface area contributed by atoms with Crippen molar-refractivity contribution < 1.29 is 44.0 Å². The van der Waals surface area contributed by atoms with E-state index in [1.54, 1.807) is 0 Å². The van der Waals surface area contributed by atoms with Crippen LogP contribution in [0.4, 0.5) is 0 Å². The Morgan fingerprint density at radius 3 is 2.40 bits per heavy atom. The Bertz CT molecular complexity index is 355. The van der Waals surface area contributed by atoms with Crippen LogP contribution >= 0.6 is 30.4 Å². The van der Waals surface area contributed by atoms with Gasteiger partial charge in [0.25, 0.3) is 0 Å². The molecular weight excluding hydrogens is 412 g/mol. The van der Waals surface area contributed by atoms with Gasteiger partial charge in [-0.15, -0.1) is 0 Å². The molecule has 1 aliphatic heterocycles. The Morgan fingerprint density at radius 1 is 1.30 bits per heavy atom. The largest absolute Gasteiger partial charge is 0.469 e. The van der Waals surface area contributed by atoms with Crippen molar-refractivity contribution >= 4 is 30.4 Å². The van der Waals surface area contributed by atoms with Gasteiger partial charge in [-0.3, -0.25) is 9.84 Å². The Labute approximate surface area is 128 Å². The highest BCUT2D eigenvalue weighted by Crippen LogP contribution is 2.36. The Morgan fingerprint density at radius 2 is 1.90 bits per heavy atom. The third-order valence-electron chi connectivity index (χ3n) is 2.66. The van der Waals surface area contributed by atoms with Gasteiger partial charge in [0.15, 0.2) is 6.29 Å². The summed E-state index contributed by atoms with van der Waals surface area (Å²) in [5, 5.41) is 41.1. The minimum absolute atomic E-state index is 0.272. The lowest BCUT2D eigenvalue weighted by molar-refractivity contribution is -0.256. The third kappa shape index (κ3) is 5.42. The van der Waals surface area contributed by atoms with E-state index in [1.807, 2.05) is 22.6 Å². The molecule has 0 saturated carbocycles. The van der Waals surface area contributed by atoms with E-state index in [9.17, 15) is 25.0 Å². The third-order valence-corrected chi connectivity index (χ3v) is 3.98. The summed E-state index contributed by atoms with van der Waals surface area (Å²) < 4.78 is 19.9. The van der Waals surface area contributed by atoms with Crippen molar-refractivity contribution in [3.8, 4) is 0 Å². The molecule has 0 aromatic rings. The average Bonchev–Trinajstić information content (AvgIpc) is 2.36. The molecule has 0 aromatic carbocycles. The zero-order chi connectivity index (χ0) is 15.5. The highest BCUT2D eigenvalue weighted by molar-refractivity contribution is 14.1. The van der Waals surface area contributed by atoms with E-state index < -0.39 is 51.3 Å². The van der Waals surface area contributed by atoms with Gasteiger partial charge >= 0.3 is 7.82 Å². The van der Waals surface area contributed by atoms with Gasteiger partial charge in [0.05, 0.1) is 12.6 Å². The number of nitrogens with one attached hydrogen (secondary N) is 1. The molecule has 1 aliphatic rings. The molecule has 0 aliphatic carbocycles. The van der Waals surface area contributed by atoms with Gasteiger partial charge in [-0.25, -0.2) is 4.57 Å². The summed E-state index contributed by atoms with van der Waals surface area (Å²) in [7, 11) is -4.75. The molecule has 0 radical (unpaired) electrons. The number of rotatable bonds is 6. The summed E-state index contributed by atoms with van der Waals surface area (Å²) in [5.74, 6) is 0. The molecule has 120 valence electrons. The first-order valence-electron chi connectivity index (χ1n) is 5.55. The molecule has 1 fully saturated rings. The molecule has 6 atom stereocenters. The summed E-state index contributed by atoms with van der Waals surface area (Å²) in [6, 6.07) is -1.15. The van der Waals surface area contributed by atoms with Gasteiger partial charge in [0, 0.05) is 4.43 Å². The topological polar surface area (TPSA) is 169 Å². The number of aliphatic hydroxyl groups is 4. The van der Waals surface area contributed by atoms with E-state index >= 15 is 0 Å². The fraction of sp³-hybridized carbons (Fsp3) is 1.00. The molecule has 7 N–H and O–H groups in total. The monoisotopic (exact) mass is 429 g/mol. The minimum Gasteiger partial charge on any atom is -0.388 e. The van der Waals surface area contributed by atoms with Gasteiger partial charge in [-0.2, -0.15) is 0 Å². The van der Waals surface area contributed by atoms with E-state index in [1.165, 1.54) is 0 Å². The zero-order valence-electron chi connectivity index (χ0n) is 10.1. The summed E-state index contributed by atoms with van der Waals surface area (Å²) in [4.78, 5) is 17.1. The minimum atomic E-state index is -4.75. The van der Waals surface area contributed by atoms with Gasteiger partial charge < -0.3 is 34.9 Å². The molecule has 0 spiro atoms. The van der Waals surface area contributed by atoms with Crippen LogP contribution in [-0.2, 0) is 13.8 Å². The summed E-state index contributed by atoms with van der Waals surface area (Å²) in [6.07, 6.45) is -6.99. The lowest BCUT2D eigenvalue weighted by Gasteiger charge is -2.41. The number of alkyl halides is 1. The van der Waals surface area contributed by atoms with Gasteiger partial charge in [0.2, 0.25) is 0 Å². The zero-order valence-corrected chi connectivity index (χ0v) is 13.2. The van der Waals surface area contributed by atoms with Crippen LogP contribution in [0.1, 0.15) is 0 Å². The maximum Gasteiger partial charge on any atom is 0.469 e. The maximum atomic E-state index is 10.6. The number of ether oxygens (including phenoxy) is 1. The molecule has 0 amide bonds. The van der Waals surface area contributed by atoms with Crippen molar-refractivity contribution in [3.63, 3.8) is 0 Å². The first-order valence-corrected chi connectivity index (χ1v) is 8.61. The average molecular weight is 429 g/mol. The molecule has 0 aromatic heterocycles. The molecule has 1 rings (SSSR count). The van der Waals surface area contributed by atoms with Gasteiger partial charge in [0.1, 0.15) is 24.5 Å². The second-order valence-corrected chi connectivity index (χ2v) is 6.32. The molecule has 6 unspecified atom stereocenters. The fourth-order valence-corrected chi connectivity index (χ4v) is 2.30. The molecule has 0 bridgehead atoms. The standard InChI is InChI=1S/C8H17INO9P/c9-1-4(11)10-5-7(13)6(12)3(19-8(5)14)2-18-20(15,16)17/h3-8,10-14H,1-2H2,(H2,15,16,17). The number of aliphatic hydroxyl groups excluding tert-OH is 4. The first kappa shape index (κ1) is 18.6. The highest BCUT2D eigenvalue weighted by Gasteiger charge is 2.44. The summed E-state index contributed by atoms with van der Waals surface area (Å²) in [5.41, 5.74) is 0. The van der Waals surface area contributed by atoms with Crippen LogP contribution in [0.25, 0.3) is 0 Å². The van der Waals surface area contributed by atoms with Crippen LogP contribution in [0.2, 0.25) is 0 Å². The molecule has 1 saturated heterocycles. The van der Waals surface area contributed by atoms with Gasteiger partial charge in [-0.05, 0) is 0 Å². The molecule has 20 heavy (non-hydrogen) atoms. The van der Waals surface area contributed by atoms with Crippen molar-refractivity contribution in [1.29, 1.82) is 0 Å². The quantitative estimate of drug-likeness (QED) is 0.102. The Hall–Kier alpha value is 0.600. The highest BCUT2D eigenvalue weighted by atomic mass is 127. The SMILES string of the molecule is O=P(O)(O)OCC1OC(O)C(NC(O)CI)C(O)C1O. The van der Waals surface area contributed by atoms with E-state index in [4.69, 9.17) is 14.5 Å². The van der Waals surface area contributed by atoms with Crippen molar-refractivity contribution in [2.24, 2.45) is 0 Å². The van der Waals surface area contributed by atoms with E-state index in [2.05, 4.69) is 9.84 Å². The van der Waals surface area contributed by atoms with E-state index in [0.717, 1.165) is 0 Å². The van der Waals surface area contributed by atoms with Crippen LogP contribution < -0.4 is 5.32 Å². The van der Waals surface area contributed by atoms with Crippen LogP contribution in [0.3, 0.4) is 0 Å². The molecule has 10 nitrogen and oxygen atoms in total. The number of phosphoric ester groups is 1. The normalized spacial score (nSPS) is 36.9. The molecule has 12 heteroatoms. The summed E-state index contributed by atoms with van der Waals surface area (Å²) in [6.45, 7) is -0.707. The number of hydrogen-bond donors (Lipinski definition) is 7. The van der Waals surface area contributed by atoms with Crippen molar-refractivity contribution in [2.45, 2.75) is 36.9 Å². The molecular formula is C8H17INO9P. The van der Waals surface area contributed by atoms with Crippen molar-refractivity contribution in [3.05, 3.63) is 0 Å². The number of halogens is 1. The van der Waals surface area contributed by atoms with Crippen LogP contribution in [0, 0.1) is 0 Å². The fourth-order valence-electron chi connectivity index (χ4n) is 1.70. The van der Waals surface area contributed by atoms with Crippen molar-refractivity contribution in [1.82, 2.24) is 5.32 Å². The number of phosphoric acid groups is 1. The maximum absolute atomic E-state index is 10.6. The van der Waals surface area contributed by atoms with Crippen LogP contribution in [-0.4, -0.2) is 78.1 Å². The predicted octanol–water partition coefficient (Wildman–Crippen LogP) is -2.75. The van der Waals surface area contributed by atoms with Crippen LogP contribution in [0.15, 0.2) is 0 Å². The lowest BCUT2D eigenvalue weighted by atomic mass is 9.97. The first-order chi connectivity index (χ1) is 9.15. The van der Waals surface area contributed by atoms with Crippen LogP contribution in [0.5, 0.6) is 0 Å². The number of hydrogen-bond acceptors (Lipinski definition) is 8. The van der Waals surface area contributed by atoms with E-state index in [0.29, 0.717) is 0 Å². The lowest BCUT2D eigenvalue weighted by Crippen LogP contribution is -2.65. The second-order valence-electron chi connectivity index (χ2n) is 4.20. The Kier molecular flexibility index (Phi) is 7.22.